The summed E-state index contributed by atoms with van der Waals surface area (Å²) in [6.07, 6.45) is 4.02. The van der Waals surface area contributed by atoms with Gasteiger partial charge in [-0.2, -0.15) is 0 Å². The Morgan fingerprint density at radius 2 is 2.19 bits per heavy atom. The van der Waals surface area contributed by atoms with Gasteiger partial charge in [0.25, 0.3) is 0 Å². The maximum Gasteiger partial charge on any atom is 0.153 e. The van der Waals surface area contributed by atoms with Gasteiger partial charge in [-0.3, -0.25) is 9.78 Å². The van der Waals surface area contributed by atoms with E-state index in [0.717, 1.165) is 10.8 Å². The summed E-state index contributed by atoms with van der Waals surface area (Å²) in [6.45, 7) is 0. The van der Waals surface area contributed by atoms with Gasteiger partial charge in [0, 0.05) is 10.7 Å². The Hall–Kier alpha value is -1.68. The first-order chi connectivity index (χ1) is 7.79. The van der Waals surface area contributed by atoms with E-state index in [1.54, 1.807) is 36.7 Å². The van der Waals surface area contributed by atoms with Crippen LogP contribution in [0.2, 0.25) is 0 Å². The molecule has 16 heavy (non-hydrogen) atoms. The number of carbonyl (C=O) groups excluding carboxylic acids is 1. The second kappa shape index (κ2) is 4.90. The minimum Gasteiger partial charge on any atom is -0.455 e. The largest absolute Gasteiger partial charge is 0.455 e. The standard InChI is InChI=1S/C12H8BrNO2/c13-10-3-4-12(9(6-10)8-15)16-11-2-1-5-14-7-11/h1-8H. The number of halogens is 1. The van der Waals surface area contributed by atoms with Crippen molar-refractivity contribution in [3.8, 4) is 11.5 Å². The molecule has 80 valence electrons. The third-order valence-electron chi connectivity index (χ3n) is 1.96. The van der Waals surface area contributed by atoms with Crippen LogP contribution in [0.5, 0.6) is 11.5 Å². The number of hydrogen-bond donors (Lipinski definition) is 0. The van der Waals surface area contributed by atoms with Crippen molar-refractivity contribution in [1.82, 2.24) is 4.98 Å². The lowest BCUT2D eigenvalue weighted by Crippen LogP contribution is -1.90. The minimum absolute atomic E-state index is 0.498. The van der Waals surface area contributed by atoms with E-state index in [-0.39, 0.29) is 0 Å². The maximum absolute atomic E-state index is 10.9. The molecule has 0 radical (unpaired) electrons. The van der Waals surface area contributed by atoms with Crippen molar-refractivity contribution in [2.45, 2.75) is 0 Å². The van der Waals surface area contributed by atoms with Crippen LogP contribution in [0.3, 0.4) is 0 Å². The number of rotatable bonds is 3. The molecule has 0 aliphatic carbocycles. The van der Waals surface area contributed by atoms with Crippen molar-refractivity contribution in [2.75, 3.05) is 0 Å². The Morgan fingerprint density at radius 1 is 1.31 bits per heavy atom. The summed E-state index contributed by atoms with van der Waals surface area (Å²) in [5.74, 6) is 1.12. The molecule has 0 aliphatic rings. The third kappa shape index (κ3) is 2.46. The van der Waals surface area contributed by atoms with Gasteiger partial charge in [0.15, 0.2) is 6.29 Å². The van der Waals surface area contributed by atoms with Crippen LogP contribution in [-0.2, 0) is 0 Å². The van der Waals surface area contributed by atoms with Gasteiger partial charge in [-0.1, -0.05) is 15.9 Å². The molecule has 1 aromatic carbocycles. The first kappa shape index (κ1) is 10.8. The summed E-state index contributed by atoms with van der Waals surface area (Å²) in [5.41, 5.74) is 0.498. The van der Waals surface area contributed by atoms with Gasteiger partial charge in [0.05, 0.1) is 11.8 Å². The van der Waals surface area contributed by atoms with Crippen molar-refractivity contribution in [3.63, 3.8) is 0 Å². The fourth-order valence-electron chi connectivity index (χ4n) is 1.24. The molecule has 0 bridgehead atoms. The van der Waals surface area contributed by atoms with Crippen molar-refractivity contribution < 1.29 is 9.53 Å². The molecule has 0 atom stereocenters. The van der Waals surface area contributed by atoms with Gasteiger partial charge in [-0.05, 0) is 30.3 Å². The van der Waals surface area contributed by atoms with E-state index in [4.69, 9.17) is 4.74 Å². The molecular formula is C12H8BrNO2. The minimum atomic E-state index is 0.498. The smallest absolute Gasteiger partial charge is 0.153 e. The predicted octanol–water partition coefficient (Wildman–Crippen LogP) is 3.45. The van der Waals surface area contributed by atoms with E-state index in [9.17, 15) is 4.79 Å². The van der Waals surface area contributed by atoms with Crippen molar-refractivity contribution in [3.05, 3.63) is 52.8 Å². The second-order valence-corrected chi connectivity index (χ2v) is 4.01. The number of aldehydes is 1. The van der Waals surface area contributed by atoms with Crippen LogP contribution in [0.1, 0.15) is 10.4 Å². The topological polar surface area (TPSA) is 39.2 Å². The zero-order chi connectivity index (χ0) is 11.4. The Morgan fingerprint density at radius 3 is 2.88 bits per heavy atom. The van der Waals surface area contributed by atoms with Gasteiger partial charge in [0.2, 0.25) is 0 Å². The summed E-state index contributed by atoms with van der Waals surface area (Å²) in [6, 6.07) is 8.82. The first-order valence-electron chi connectivity index (χ1n) is 4.62. The van der Waals surface area contributed by atoms with Crippen molar-refractivity contribution in [2.24, 2.45) is 0 Å². The van der Waals surface area contributed by atoms with Crippen molar-refractivity contribution in [1.29, 1.82) is 0 Å². The highest BCUT2D eigenvalue weighted by Gasteiger charge is 2.04. The highest BCUT2D eigenvalue weighted by Crippen LogP contribution is 2.26. The monoisotopic (exact) mass is 277 g/mol. The molecule has 4 heteroatoms. The van der Waals surface area contributed by atoms with E-state index in [1.165, 1.54) is 0 Å². The second-order valence-electron chi connectivity index (χ2n) is 3.09. The summed E-state index contributed by atoms with van der Waals surface area (Å²) in [4.78, 5) is 14.8. The van der Waals surface area contributed by atoms with E-state index in [0.29, 0.717) is 17.1 Å². The maximum atomic E-state index is 10.9. The first-order valence-corrected chi connectivity index (χ1v) is 5.41. The van der Waals surface area contributed by atoms with Crippen LogP contribution in [-0.4, -0.2) is 11.3 Å². The highest BCUT2D eigenvalue weighted by atomic mass is 79.9. The molecule has 2 aromatic rings. The lowest BCUT2D eigenvalue weighted by Gasteiger charge is -2.07. The van der Waals surface area contributed by atoms with E-state index >= 15 is 0 Å². The number of ether oxygens (including phenoxy) is 1. The quantitative estimate of drug-likeness (QED) is 0.807. The molecule has 0 unspecified atom stereocenters. The number of hydrogen-bond acceptors (Lipinski definition) is 3. The number of pyridine rings is 1. The van der Waals surface area contributed by atoms with Gasteiger partial charge in [-0.25, -0.2) is 0 Å². The molecule has 1 heterocycles. The van der Waals surface area contributed by atoms with E-state index in [1.807, 2.05) is 6.07 Å². The molecule has 2 rings (SSSR count). The predicted molar refractivity (Wildman–Crippen MR) is 63.8 cm³/mol. The third-order valence-corrected chi connectivity index (χ3v) is 2.45. The Bertz CT molecular complexity index is 500. The number of aromatic nitrogens is 1. The van der Waals surface area contributed by atoms with Gasteiger partial charge in [-0.15, -0.1) is 0 Å². The number of benzene rings is 1. The molecule has 1 aromatic heterocycles. The Balaban J connectivity index is 2.31. The summed E-state index contributed by atoms with van der Waals surface area (Å²) in [5, 5.41) is 0. The lowest BCUT2D eigenvalue weighted by molar-refractivity contribution is 0.112. The zero-order valence-electron chi connectivity index (χ0n) is 8.26. The molecular weight excluding hydrogens is 270 g/mol. The normalized spacial score (nSPS) is 9.81. The van der Waals surface area contributed by atoms with Crippen LogP contribution < -0.4 is 4.74 Å². The molecule has 3 nitrogen and oxygen atoms in total. The Labute approximate surface area is 101 Å². The molecule has 0 fully saturated rings. The van der Waals surface area contributed by atoms with Crippen LogP contribution in [0.4, 0.5) is 0 Å². The van der Waals surface area contributed by atoms with Gasteiger partial charge >= 0.3 is 0 Å². The molecule has 0 amide bonds. The van der Waals surface area contributed by atoms with Crippen LogP contribution >= 0.6 is 15.9 Å². The highest BCUT2D eigenvalue weighted by molar-refractivity contribution is 9.10. The molecule has 0 N–H and O–H groups in total. The molecule has 0 saturated heterocycles. The average Bonchev–Trinajstić information content (AvgIpc) is 2.33. The van der Waals surface area contributed by atoms with E-state index < -0.39 is 0 Å². The molecule has 0 spiro atoms. The van der Waals surface area contributed by atoms with Gasteiger partial charge < -0.3 is 4.74 Å². The van der Waals surface area contributed by atoms with Crippen LogP contribution in [0.25, 0.3) is 0 Å². The number of nitrogens with zero attached hydrogens (tertiary/aromatic N) is 1. The summed E-state index contributed by atoms with van der Waals surface area (Å²) < 4.78 is 6.38. The van der Waals surface area contributed by atoms with Crippen LogP contribution in [0.15, 0.2) is 47.2 Å². The van der Waals surface area contributed by atoms with Crippen LogP contribution in [0, 0.1) is 0 Å². The average molecular weight is 278 g/mol. The fourth-order valence-corrected chi connectivity index (χ4v) is 1.62. The lowest BCUT2D eigenvalue weighted by atomic mass is 10.2. The SMILES string of the molecule is O=Cc1cc(Br)ccc1Oc1cccnc1. The van der Waals surface area contributed by atoms with Gasteiger partial charge in [0.1, 0.15) is 11.5 Å². The van der Waals surface area contributed by atoms with E-state index in [2.05, 4.69) is 20.9 Å². The summed E-state index contributed by atoms with van der Waals surface area (Å²) in [7, 11) is 0. The summed E-state index contributed by atoms with van der Waals surface area (Å²) >= 11 is 3.30. The van der Waals surface area contributed by atoms with Crippen molar-refractivity contribution >= 4 is 22.2 Å². The fraction of sp³-hybridized carbons (Fsp3) is 0. The molecule has 0 saturated carbocycles. The molecule has 0 aliphatic heterocycles. The zero-order valence-corrected chi connectivity index (χ0v) is 9.85. The number of carbonyl (C=O) groups is 1. The Kier molecular flexibility index (Phi) is 3.31.